The van der Waals surface area contributed by atoms with Gasteiger partial charge in [0, 0.05) is 18.2 Å². The topological polar surface area (TPSA) is 89.3 Å². The van der Waals surface area contributed by atoms with E-state index < -0.39 is 14.9 Å². The van der Waals surface area contributed by atoms with E-state index in [2.05, 4.69) is 18.6 Å². The molecule has 1 unspecified atom stereocenters. The highest BCUT2D eigenvalue weighted by atomic mass is 32.2. The van der Waals surface area contributed by atoms with Crippen molar-refractivity contribution in [1.29, 1.82) is 0 Å². The maximum Gasteiger partial charge on any atom is 0.269 e. The van der Waals surface area contributed by atoms with Gasteiger partial charge in [-0.3, -0.25) is 10.1 Å². The molecule has 0 aliphatic carbocycles. The minimum absolute atomic E-state index is 0.0468. The van der Waals surface area contributed by atoms with Crippen molar-refractivity contribution < 1.29 is 13.3 Å². The lowest BCUT2D eigenvalue weighted by Crippen LogP contribution is -2.33. The number of hydrogen-bond acceptors (Lipinski definition) is 4. The van der Waals surface area contributed by atoms with Crippen LogP contribution in [0.15, 0.2) is 24.3 Å². The highest BCUT2D eigenvalue weighted by Crippen LogP contribution is 2.14. The van der Waals surface area contributed by atoms with Crippen molar-refractivity contribution in [3.8, 4) is 0 Å². The largest absolute Gasteiger partial charge is 0.269 e. The van der Waals surface area contributed by atoms with Gasteiger partial charge in [-0.15, -0.1) is 0 Å². The van der Waals surface area contributed by atoms with E-state index in [-0.39, 0.29) is 17.5 Å². The van der Waals surface area contributed by atoms with Gasteiger partial charge in [0.05, 0.1) is 10.7 Å². The first-order chi connectivity index (χ1) is 9.69. The van der Waals surface area contributed by atoms with E-state index in [0.717, 1.165) is 12.8 Å². The summed E-state index contributed by atoms with van der Waals surface area (Å²) >= 11 is 0. The Balaban J connectivity index is 2.61. The second-order valence-electron chi connectivity index (χ2n) is 5.67. The van der Waals surface area contributed by atoms with Crippen molar-refractivity contribution in [2.75, 3.05) is 0 Å². The second kappa shape index (κ2) is 7.51. The van der Waals surface area contributed by atoms with Gasteiger partial charge in [-0.05, 0) is 31.2 Å². The van der Waals surface area contributed by atoms with Gasteiger partial charge in [-0.25, -0.2) is 13.1 Å². The highest BCUT2D eigenvalue weighted by molar-refractivity contribution is 7.88. The molecule has 1 rings (SSSR count). The third-order valence-electron chi connectivity index (χ3n) is 3.06. The van der Waals surface area contributed by atoms with Crippen LogP contribution in [-0.4, -0.2) is 19.4 Å². The van der Waals surface area contributed by atoms with E-state index in [1.54, 1.807) is 0 Å². The lowest BCUT2D eigenvalue weighted by molar-refractivity contribution is -0.384. The Morgan fingerprint density at radius 2 is 1.71 bits per heavy atom. The molecule has 0 aliphatic rings. The van der Waals surface area contributed by atoms with Crippen molar-refractivity contribution in [2.45, 2.75) is 45.4 Å². The van der Waals surface area contributed by atoms with Crippen LogP contribution in [0.4, 0.5) is 5.69 Å². The molecule has 118 valence electrons. The zero-order valence-corrected chi connectivity index (χ0v) is 13.4. The smallest absolute Gasteiger partial charge is 0.258 e. The molecule has 1 atom stereocenters. The fourth-order valence-corrected chi connectivity index (χ4v) is 3.37. The van der Waals surface area contributed by atoms with E-state index >= 15 is 0 Å². The molecule has 0 aliphatic heterocycles. The Bertz CT molecular complexity index is 567. The molecule has 1 aromatic carbocycles. The molecule has 6 nitrogen and oxygen atoms in total. The van der Waals surface area contributed by atoms with Crippen molar-refractivity contribution >= 4 is 15.7 Å². The molecule has 21 heavy (non-hydrogen) atoms. The number of sulfonamides is 1. The minimum Gasteiger partial charge on any atom is -0.258 e. The molecule has 0 radical (unpaired) electrons. The molecule has 0 saturated carbocycles. The molecule has 0 amide bonds. The first kappa shape index (κ1) is 17.6. The molecule has 0 aromatic heterocycles. The molecule has 1 N–H and O–H groups in total. The van der Waals surface area contributed by atoms with Crippen LogP contribution in [0.5, 0.6) is 0 Å². The van der Waals surface area contributed by atoms with Crippen molar-refractivity contribution in [3.63, 3.8) is 0 Å². The van der Waals surface area contributed by atoms with E-state index in [0.29, 0.717) is 11.5 Å². The second-order valence-corrected chi connectivity index (χ2v) is 7.43. The quantitative estimate of drug-likeness (QED) is 0.590. The van der Waals surface area contributed by atoms with Crippen LogP contribution in [0.1, 0.15) is 39.2 Å². The van der Waals surface area contributed by atoms with Gasteiger partial charge in [-0.2, -0.15) is 0 Å². The molecule has 0 heterocycles. The van der Waals surface area contributed by atoms with Gasteiger partial charge >= 0.3 is 0 Å². The van der Waals surface area contributed by atoms with E-state index in [1.807, 2.05) is 6.92 Å². The summed E-state index contributed by atoms with van der Waals surface area (Å²) in [5.41, 5.74) is 0.485. The van der Waals surface area contributed by atoms with E-state index in [4.69, 9.17) is 0 Å². The van der Waals surface area contributed by atoms with Crippen molar-refractivity contribution in [2.24, 2.45) is 5.92 Å². The summed E-state index contributed by atoms with van der Waals surface area (Å²) in [6.07, 6.45) is 1.75. The molecular weight excluding hydrogens is 292 g/mol. The zero-order valence-electron chi connectivity index (χ0n) is 12.6. The first-order valence-electron chi connectivity index (χ1n) is 6.93. The lowest BCUT2D eigenvalue weighted by Gasteiger charge is -2.15. The average molecular weight is 314 g/mol. The van der Waals surface area contributed by atoms with Crippen LogP contribution in [0.2, 0.25) is 0 Å². The normalized spacial score (nSPS) is 13.3. The van der Waals surface area contributed by atoms with Gasteiger partial charge in [0.15, 0.2) is 0 Å². The van der Waals surface area contributed by atoms with Crippen LogP contribution in [-0.2, 0) is 15.8 Å². The number of nitro groups is 1. The van der Waals surface area contributed by atoms with E-state index in [9.17, 15) is 18.5 Å². The van der Waals surface area contributed by atoms with Crippen LogP contribution in [0, 0.1) is 16.0 Å². The number of non-ortho nitro benzene ring substituents is 1. The van der Waals surface area contributed by atoms with E-state index in [1.165, 1.54) is 24.3 Å². The van der Waals surface area contributed by atoms with Gasteiger partial charge in [-0.1, -0.05) is 26.0 Å². The number of nitrogens with one attached hydrogen (secondary N) is 1. The summed E-state index contributed by atoms with van der Waals surface area (Å²) in [7, 11) is -3.43. The van der Waals surface area contributed by atoms with Crippen molar-refractivity contribution in [3.05, 3.63) is 39.9 Å². The fraction of sp³-hybridized carbons (Fsp3) is 0.571. The minimum atomic E-state index is -3.43. The van der Waals surface area contributed by atoms with Crippen LogP contribution in [0.3, 0.4) is 0 Å². The SMILES string of the molecule is CC(C)CCC(C)NS(=O)(=O)Cc1ccc([N+](=O)[O-])cc1. The molecule has 0 bridgehead atoms. The summed E-state index contributed by atoms with van der Waals surface area (Å²) in [6, 6.07) is 5.45. The van der Waals surface area contributed by atoms with Gasteiger partial charge in [0.2, 0.25) is 10.0 Å². The van der Waals surface area contributed by atoms with Crippen molar-refractivity contribution in [1.82, 2.24) is 4.72 Å². The summed E-state index contributed by atoms with van der Waals surface area (Å²) in [5.74, 6) is 0.364. The number of rotatable bonds is 8. The number of nitrogens with zero attached hydrogens (tertiary/aromatic N) is 1. The maximum atomic E-state index is 12.0. The van der Waals surface area contributed by atoms with Gasteiger partial charge < -0.3 is 0 Å². The Labute approximate surface area is 125 Å². The first-order valence-corrected chi connectivity index (χ1v) is 8.58. The van der Waals surface area contributed by atoms with Crippen LogP contribution < -0.4 is 4.72 Å². The molecule has 7 heteroatoms. The van der Waals surface area contributed by atoms with Gasteiger partial charge in [0.1, 0.15) is 0 Å². The van der Waals surface area contributed by atoms with Crippen LogP contribution >= 0.6 is 0 Å². The molecule has 1 aromatic rings. The Morgan fingerprint density at radius 3 is 2.19 bits per heavy atom. The zero-order chi connectivity index (χ0) is 16.0. The molecule has 0 fully saturated rings. The maximum absolute atomic E-state index is 12.0. The summed E-state index contributed by atoms with van der Waals surface area (Å²) in [5, 5.41) is 10.5. The molecule has 0 spiro atoms. The molecule has 0 saturated heterocycles. The highest BCUT2D eigenvalue weighted by Gasteiger charge is 2.16. The monoisotopic (exact) mass is 314 g/mol. The van der Waals surface area contributed by atoms with Gasteiger partial charge in [0.25, 0.3) is 5.69 Å². The Hall–Kier alpha value is -1.47. The standard InChI is InChI=1S/C14H22N2O4S/c1-11(2)4-5-12(3)15-21(19,20)10-13-6-8-14(9-7-13)16(17)18/h6-9,11-12,15H,4-5,10H2,1-3H3. The fourth-order valence-electron chi connectivity index (χ4n) is 1.92. The number of hydrogen-bond donors (Lipinski definition) is 1. The Morgan fingerprint density at radius 1 is 1.14 bits per heavy atom. The lowest BCUT2D eigenvalue weighted by atomic mass is 10.1. The number of nitro benzene ring substituents is 1. The third-order valence-corrected chi connectivity index (χ3v) is 4.54. The number of benzene rings is 1. The predicted molar refractivity (Wildman–Crippen MR) is 82.4 cm³/mol. The summed E-state index contributed by atoms with van der Waals surface area (Å²) < 4.78 is 26.7. The predicted octanol–water partition coefficient (Wildman–Crippen LogP) is 2.84. The third kappa shape index (κ3) is 6.68. The average Bonchev–Trinajstić information content (AvgIpc) is 2.35. The Kier molecular flexibility index (Phi) is 6.29. The summed E-state index contributed by atoms with van der Waals surface area (Å²) in [4.78, 5) is 10.0. The summed E-state index contributed by atoms with van der Waals surface area (Å²) in [6.45, 7) is 6.03. The van der Waals surface area contributed by atoms with Crippen LogP contribution in [0.25, 0.3) is 0 Å². The molecular formula is C14H22N2O4S.